The third-order valence-corrected chi connectivity index (χ3v) is 8.05. The van der Waals surface area contributed by atoms with Gasteiger partial charge in [-0.05, 0) is 52.5 Å². The van der Waals surface area contributed by atoms with Gasteiger partial charge in [-0.1, -0.05) is 13.0 Å². The minimum atomic E-state index is -0.972. The van der Waals surface area contributed by atoms with Crippen LogP contribution in [-0.2, 0) is 28.6 Å². The normalized spacial score (nSPS) is 36.3. The molecule has 4 rings (SSSR count). The summed E-state index contributed by atoms with van der Waals surface area (Å²) in [5.74, 6) is -1.19. The number of rotatable bonds is 7. The number of carbonyl (C=O) groups excluding carboxylic acids is 3. The van der Waals surface area contributed by atoms with Crippen LogP contribution in [0.25, 0.3) is 0 Å². The quantitative estimate of drug-likeness (QED) is 0.351. The van der Waals surface area contributed by atoms with Crippen molar-refractivity contribution in [2.24, 2.45) is 17.3 Å². The van der Waals surface area contributed by atoms with Gasteiger partial charge in [0.1, 0.15) is 23.6 Å². The van der Waals surface area contributed by atoms with Crippen LogP contribution in [0.3, 0.4) is 0 Å². The molecule has 32 heavy (non-hydrogen) atoms. The van der Waals surface area contributed by atoms with Gasteiger partial charge in [0.2, 0.25) is 0 Å². The maximum atomic E-state index is 13.2. The Labute approximate surface area is 188 Å². The largest absolute Gasteiger partial charge is 0.472 e. The van der Waals surface area contributed by atoms with E-state index in [1.807, 2.05) is 20.8 Å². The summed E-state index contributed by atoms with van der Waals surface area (Å²) in [6, 6.07) is 1.79. The zero-order valence-corrected chi connectivity index (χ0v) is 19.4. The molecule has 0 aromatic carbocycles. The second-order valence-corrected chi connectivity index (χ2v) is 9.78. The van der Waals surface area contributed by atoms with Crippen molar-refractivity contribution in [1.82, 2.24) is 0 Å². The Morgan fingerprint density at radius 1 is 1.34 bits per heavy atom. The first kappa shape index (κ1) is 22.8. The predicted molar refractivity (Wildman–Crippen MR) is 114 cm³/mol. The van der Waals surface area contributed by atoms with Crippen molar-refractivity contribution < 1.29 is 33.0 Å². The number of hydrogen-bond acceptors (Lipinski definition) is 7. The van der Waals surface area contributed by atoms with Gasteiger partial charge in [0.05, 0.1) is 30.0 Å². The van der Waals surface area contributed by atoms with E-state index in [0.29, 0.717) is 31.3 Å². The van der Waals surface area contributed by atoms with Crippen LogP contribution in [-0.4, -0.2) is 35.5 Å². The smallest absolute Gasteiger partial charge is 0.333 e. The predicted octanol–water partition coefficient (Wildman–Crippen LogP) is 4.31. The SMILES string of the molecule is CC=C(C)C(=O)O[C@H](C[C@@H](C)[C@H]1CC(c2ccoc2)OC1=O)[C@@]1(C)C(=O)CCC2O[C@]21C. The van der Waals surface area contributed by atoms with E-state index in [4.69, 9.17) is 18.6 Å². The van der Waals surface area contributed by atoms with Crippen LogP contribution in [0.15, 0.2) is 34.7 Å². The zero-order valence-electron chi connectivity index (χ0n) is 19.4. The molecule has 1 aromatic rings. The summed E-state index contributed by atoms with van der Waals surface area (Å²) < 4.78 is 22.7. The number of esters is 2. The van der Waals surface area contributed by atoms with Gasteiger partial charge in [-0.2, -0.15) is 0 Å². The van der Waals surface area contributed by atoms with Crippen LogP contribution < -0.4 is 0 Å². The van der Waals surface area contributed by atoms with E-state index in [9.17, 15) is 14.4 Å². The number of furan rings is 1. The molecule has 7 atom stereocenters. The summed E-state index contributed by atoms with van der Waals surface area (Å²) >= 11 is 0. The fourth-order valence-corrected chi connectivity index (χ4v) is 5.32. The molecule has 2 unspecified atom stereocenters. The molecule has 3 aliphatic rings. The van der Waals surface area contributed by atoms with E-state index in [1.54, 1.807) is 38.5 Å². The van der Waals surface area contributed by atoms with Crippen LogP contribution in [0, 0.1) is 17.3 Å². The number of carbonyl (C=O) groups is 3. The molecule has 3 heterocycles. The Kier molecular flexibility index (Phi) is 5.82. The Bertz CT molecular complexity index is 932. The van der Waals surface area contributed by atoms with E-state index in [1.165, 1.54) is 0 Å². The molecule has 3 fully saturated rings. The highest BCUT2D eigenvalue weighted by molar-refractivity contribution is 5.91. The highest BCUT2D eigenvalue weighted by Crippen LogP contribution is 2.59. The molecule has 1 aromatic heterocycles. The average molecular weight is 445 g/mol. The summed E-state index contributed by atoms with van der Waals surface area (Å²) in [5.41, 5.74) is -0.323. The molecular formula is C25H32O7. The highest BCUT2D eigenvalue weighted by Gasteiger charge is 2.72. The minimum Gasteiger partial charge on any atom is -0.472 e. The number of allylic oxidation sites excluding steroid dienone is 1. The number of Topliss-reactive ketones (excluding diaryl/α,β-unsaturated/α-hetero) is 1. The lowest BCUT2D eigenvalue weighted by molar-refractivity contribution is -0.163. The van der Waals surface area contributed by atoms with Crippen LogP contribution in [0.2, 0.25) is 0 Å². The fourth-order valence-electron chi connectivity index (χ4n) is 5.32. The first-order valence-electron chi connectivity index (χ1n) is 11.4. The van der Waals surface area contributed by atoms with Gasteiger partial charge in [0, 0.05) is 24.0 Å². The molecule has 2 aliphatic heterocycles. The lowest BCUT2D eigenvalue weighted by Gasteiger charge is -2.42. The highest BCUT2D eigenvalue weighted by atomic mass is 16.6. The molecule has 0 spiro atoms. The minimum absolute atomic E-state index is 0.00793. The van der Waals surface area contributed by atoms with Crippen LogP contribution >= 0.6 is 0 Å². The number of ketones is 1. The van der Waals surface area contributed by atoms with Crippen molar-refractivity contribution >= 4 is 17.7 Å². The van der Waals surface area contributed by atoms with Crippen molar-refractivity contribution in [3.05, 3.63) is 35.8 Å². The molecule has 1 aliphatic carbocycles. The topological polar surface area (TPSA) is 95.3 Å². The van der Waals surface area contributed by atoms with Crippen LogP contribution in [0.5, 0.6) is 0 Å². The molecule has 0 N–H and O–H groups in total. The van der Waals surface area contributed by atoms with E-state index in [-0.39, 0.29) is 35.8 Å². The number of cyclic esters (lactones) is 1. The summed E-state index contributed by atoms with van der Waals surface area (Å²) in [5, 5.41) is 0. The van der Waals surface area contributed by atoms with Crippen molar-refractivity contribution in [2.45, 2.75) is 84.2 Å². The van der Waals surface area contributed by atoms with Gasteiger partial charge in [0.15, 0.2) is 0 Å². The van der Waals surface area contributed by atoms with Gasteiger partial charge >= 0.3 is 11.9 Å². The molecular weight excluding hydrogens is 412 g/mol. The number of fused-ring (bicyclic) bond motifs is 1. The third kappa shape index (κ3) is 3.60. The van der Waals surface area contributed by atoms with E-state index in [0.717, 1.165) is 5.56 Å². The first-order chi connectivity index (χ1) is 15.1. The molecule has 174 valence electrons. The lowest BCUT2D eigenvalue weighted by atomic mass is 9.62. The number of ether oxygens (including phenoxy) is 3. The molecule has 2 saturated heterocycles. The van der Waals surface area contributed by atoms with Crippen molar-refractivity contribution in [2.75, 3.05) is 0 Å². The maximum Gasteiger partial charge on any atom is 0.333 e. The Morgan fingerprint density at radius 2 is 2.09 bits per heavy atom. The van der Waals surface area contributed by atoms with Gasteiger partial charge in [-0.15, -0.1) is 0 Å². The van der Waals surface area contributed by atoms with Crippen LogP contribution in [0.4, 0.5) is 0 Å². The Hall–Kier alpha value is -2.41. The van der Waals surface area contributed by atoms with E-state index < -0.39 is 23.1 Å². The second kappa shape index (κ2) is 8.18. The van der Waals surface area contributed by atoms with Gasteiger partial charge in [0.25, 0.3) is 0 Å². The molecule has 7 heteroatoms. The summed E-state index contributed by atoms with van der Waals surface area (Å²) in [7, 11) is 0. The Morgan fingerprint density at radius 3 is 2.75 bits per heavy atom. The van der Waals surface area contributed by atoms with Gasteiger partial charge < -0.3 is 18.6 Å². The first-order valence-corrected chi connectivity index (χ1v) is 11.4. The van der Waals surface area contributed by atoms with Gasteiger partial charge in [-0.25, -0.2) is 4.79 Å². The molecule has 0 radical (unpaired) electrons. The average Bonchev–Trinajstić information content (AvgIpc) is 3.12. The standard InChI is InChI=1S/C25H32O7/c1-6-14(2)22(27)31-21(24(4)19(26)7-8-20-25(24,5)32-20)11-15(3)17-12-18(30-23(17)28)16-9-10-29-13-16/h6,9-10,13,15,17-18,20-21H,7-8,11-12H2,1-5H3/t15-,17-,18?,20?,21-,24-,25-/m1/s1. The van der Waals surface area contributed by atoms with E-state index >= 15 is 0 Å². The third-order valence-electron chi connectivity index (χ3n) is 8.05. The zero-order chi connectivity index (χ0) is 23.3. The summed E-state index contributed by atoms with van der Waals surface area (Å²) in [6.45, 7) is 9.20. The molecule has 0 amide bonds. The van der Waals surface area contributed by atoms with E-state index in [2.05, 4.69) is 0 Å². The molecule has 0 bridgehead atoms. The Balaban J connectivity index is 1.57. The van der Waals surface area contributed by atoms with Crippen molar-refractivity contribution in [3.63, 3.8) is 0 Å². The maximum absolute atomic E-state index is 13.2. The molecule has 7 nitrogen and oxygen atoms in total. The number of hydrogen-bond donors (Lipinski definition) is 0. The summed E-state index contributed by atoms with van der Waals surface area (Å²) in [4.78, 5) is 38.6. The van der Waals surface area contributed by atoms with Crippen LogP contribution in [0.1, 0.15) is 72.0 Å². The monoisotopic (exact) mass is 444 g/mol. The molecule has 1 saturated carbocycles. The second-order valence-electron chi connectivity index (χ2n) is 9.78. The fraction of sp³-hybridized carbons (Fsp3) is 0.640. The van der Waals surface area contributed by atoms with Crippen molar-refractivity contribution in [1.29, 1.82) is 0 Å². The van der Waals surface area contributed by atoms with Gasteiger partial charge in [-0.3, -0.25) is 9.59 Å². The van der Waals surface area contributed by atoms with Crippen molar-refractivity contribution in [3.8, 4) is 0 Å². The summed E-state index contributed by atoms with van der Waals surface area (Å²) in [6.07, 6.45) is 5.76. The lowest BCUT2D eigenvalue weighted by Crippen LogP contribution is -2.55. The number of epoxide rings is 1.